The van der Waals surface area contributed by atoms with Gasteiger partial charge in [0.1, 0.15) is 0 Å². The molecule has 0 fully saturated rings. The summed E-state index contributed by atoms with van der Waals surface area (Å²) in [5, 5.41) is 10.2. The molecule has 11 heavy (non-hydrogen) atoms. The Kier molecular flexibility index (Phi) is 1.41. The molecule has 1 aliphatic rings. The summed E-state index contributed by atoms with van der Waals surface area (Å²) in [5.74, 6) is -3.49. The van der Waals surface area contributed by atoms with Crippen LogP contribution in [-0.4, -0.2) is 29.0 Å². The second kappa shape index (κ2) is 2.11. The molecular formula is C4H4N4O3. The number of rotatable bonds is 2. The topological polar surface area (TPSA) is 111 Å². The molecule has 0 radical (unpaired) electrons. The molecule has 1 aliphatic heterocycles. The zero-order valence-electron chi connectivity index (χ0n) is 5.30. The van der Waals surface area contributed by atoms with E-state index in [9.17, 15) is 14.9 Å². The highest BCUT2D eigenvalue weighted by atomic mass is 16.6. The summed E-state index contributed by atoms with van der Waals surface area (Å²) in [6, 6.07) is 0. The highest BCUT2D eigenvalue weighted by Crippen LogP contribution is 2.14. The van der Waals surface area contributed by atoms with E-state index in [1.807, 2.05) is 0 Å². The monoisotopic (exact) mass is 156 g/mol. The maximum atomic E-state index is 10.5. The van der Waals surface area contributed by atoms with Gasteiger partial charge in [0.25, 0.3) is 0 Å². The Balaban J connectivity index is 3.09. The number of primary amides is 1. The Hall–Kier alpha value is -1.79. The van der Waals surface area contributed by atoms with Crippen molar-refractivity contribution in [1.82, 2.24) is 0 Å². The molecule has 0 saturated carbocycles. The fourth-order valence-corrected chi connectivity index (χ4v) is 0.619. The minimum atomic E-state index is -2.31. The molecule has 1 amide bonds. The molecule has 0 unspecified atom stereocenters. The van der Waals surface area contributed by atoms with E-state index in [1.54, 1.807) is 0 Å². The van der Waals surface area contributed by atoms with E-state index in [0.29, 0.717) is 0 Å². The largest absolute Gasteiger partial charge is 0.491 e. The maximum Gasteiger partial charge on any atom is 0.491 e. The summed E-state index contributed by atoms with van der Waals surface area (Å²) < 4.78 is 0. The Bertz CT molecular complexity index is 241. The van der Waals surface area contributed by atoms with E-state index in [-0.39, 0.29) is 0 Å². The van der Waals surface area contributed by atoms with E-state index in [4.69, 9.17) is 5.73 Å². The zero-order valence-corrected chi connectivity index (χ0v) is 5.30. The lowest BCUT2D eigenvalue weighted by atomic mass is 10.4. The number of nitrogens with zero attached hydrogens (tertiary/aromatic N) is 3. The molecule has 0 saturated heterocycles. The normalized spacial score (nSPS) is 18.5. The minimum absolute atomic E-state index is 0.935. The third-order valence-electron chi connectivity index (χ3n) is 1.16. The van der Waals surface area contributed by atoms with Crippen molar-refractivity contribution in [1.29, 1.82) is 0 Å². The van der Waals surface area contributed by atoms with Gasteiger partial charge >= 0.3 is 11.7 Å². The quantitative estimate of drug-likeness (QED) is 0.390. The van der Waals surface area contributed by atoms with Crippen LogP contribution in [-0.2, 0) is 4.79 Å². The van der Waals surface area contributed by atoms with Gasteiger partial charge in [-0.3, -0.25) is 14.9 Å². The summed E-state index contributed by atoms with van der Waals surface area (Å²) in [6.45, 7) is 0. The van der Waals surface area contributed by atoms with Gasteiger partial charge in [-0.2, -0.15) is 9.98 Å². The lowest BCUT2D eigenvalue weighted by Crippen LogP contribution is -2.46. The van der Waals surface area contributed by atoms with Gasteiger partial charge in [-0.25, -0.2) is 0 Å². The van der Waals surface area contributed by atoms with Gasteiger partial charge in [0.15, 0.2) is 0 Å². The van der Waals surface area contributed by atoms with Crippen molar-refractivity contribution in [2.45, 2.75) is 5.79 Å². The van der Waals surface area contributed by atoms with Crippen LogP contribution in [0.15, 0.2) is 9.98 Å². The maximum absolute atomic E-state index is 10.5. The van der Waals surface area contributed by atoms with Crippen LogP contribution in [0.4, 0.5) is 0 Å². The van der Waals surface area contributed by atoms with Gasteiger partial charge < -0.3 is 5.73 Å². The number of nitro groups is 1. The molecule has 0 aromatic rings. The molecule has 1 heterocycles. The number of nitrogens with two attached hydrogens (primary N) is 1. The first-order valence-corrected chi connectivity index (χ1v) is 2.63. The van der Waals surface area contributed by atoms with Crippen molar-refractivity contribution in [3.8, 4) is 0 Å². The average molecular weight is 156 g/mol. The lowest BCUT2D eigenvalue weighted by molar-refractivity contribution is -0.547. The van der Waals surface area contributed by atoms with E-state index < -0.39 is 16.6 Å². The molecule has 7 nitrogen and oxygen atoms in total. The van der Waals surface area contributed by atoms with Crippen molar-refractivity contribution in [2.75, 3.05) is 0 Å². The highest BCUT2D eigenvalue weighted by Gasteiger charge is 2.50. The highest BCUT2D eigenvalue weighted by molar-refractivity contribution is 6.19. The molecule has 58 valence electrons. The number of carbonyl (C=O) groups is 1. The first-order valence-electron chi connectivity index (χ1n) is 2.63. The third-order valence-corrected chi connectivity index (χ3v) is 1.16. The number of aliphatic imine (C=N–C) groups is 2. The molecule has 0 atom stereocenters. The van der Waals surface area contributed by atoms with Crippen molar-refractivity contribution >= 4 is 18.3 Å². The molecular weight excluding hydrogens is 152 g/mol. The van der Waals surface area contributed by atoms with Crippen LogP contribution in [0, 0.1) is 10.1 Å². The summed E-state index contributed by atoms with van der Waals surface area (Å²) in [4.78, 5) is 26.3. The summed E-state index contributed by atoms with van der Waals surface area (Å²) >= 11 is 0. The Morgan fingerprint density at radius 3 is 2.18 bits per heavy atom. The van der Waals surface area contributed by atoms with Crippen LogP contribution in [0.2, 0.25) is 0 Å². The Morgan fingerprint density at radius 2 is 2.00 bits per heavy atom. The summed E-state index contributed by atoms with van der Waals surface area (Å²) in [5.41, 5.74) is 4.73. The van der Waals surface area contributed by atoms with Crippen LogP contribution >= 0.6 is 0 Å². The zero-order chi connectivity index (χ0) is 8.48. The fourth-order valence-electron chi connectivity index (χ4n) is 0.619. The molecule has 0 bridgehead atoms. The van der Waals surface area contributed by atoms with E-state index in [0.717, 1.165) is 12.4 Å². The molecule has 7 heteroatoms. The van der Waals surface area contributed by atoms with E-state index >= 15 is 0 Å². The minimum Gasteiger partial charge on any atom is -0.360 e. The standard InChI is InChI=1S/C4H4N4O3/c5-3(9)4(8(10)11)6-1-2-7-4/h1-2H,(H2,5,9). The van der Waals surface area contributed by atoms with Crippen LogP contribution in [0.1, 0.15) is 0 Å². The van der Waals surface area contributed by atoms with E-state index in [1.165, 1.54) is 0 Å². The lowest BCUT2D eigenvalue weighted by Gasteiger charge is -2.07. The van der Waals surface area contributed by atoms with Crippen LogP contribution in [0.25, 0.3) is 0 Å². The molecule has 2 N–H and O–H groups in total. The Morgan fingerprint density at radius 1 is 1.55 bits per heavy atom. The van der Waals surface area contributed by atoms with Crippen molar-refractivity contribution in [3.05, 3.63) is 10.1 Å². The van der Waals surface area contributed by atoms with Crippen LogP contribution in [0.3, 0.4) is 0 Å². The third kappa shape index (κ3) is 0.858. The predicted octanol–water partition coefficient (Wildman–Crippen LogP) is -1.44. The van der Waals surface area contributed by atoms with E-state index in [2.05, 4.69) is 9.98 Å². The van der Waals surface area contributed by atoms with Gasteiger partial charge in [-0.05, 0) is 0 Å². The average Bonchev–Trinajstić information content (AvgIpc) is 2.34. The smallest absolute Gasteiger partial charge is 0.360 e. The van der Waals surface area contributed by atoms with Crippen molar-refractivity contribution < 1.29 is 9.72 Å². The molecule has 1 rings (SSSR count). The molecule has 0 aromatic heterocycles. The summed E-state index contributed by atoms with van der Waals surface area (Å²) in [6.07, 6.45) is 2.13. The van der Waals surface area contributed by atoms with Gasteiger partial charge in [-0.15, -0.1) is 0 Å². The first kappa shape index (κ1) is 7.32. The second-order valence-electron chi connectivity index (χ2n) is 1.81. The van der Waals surface area contributed by atoms with Gasteiger partial charge in [0, 0.05) is 12.4 Å². The number of hydrogen-bond acceptors (Lipinski definition) is 5. The number of carbonyl (C=O) groups excluding carboxylic acids is 1. The molecule has 0 spiro atoms. The van der Waals surface area contributed by atoms with Crippen LogP contribution < -0.4 is 5.73 Å². The van der Waals surface area contributed by atoms with Crippen molar-refractivity contribution in [3.63, 3.8) is 0 Å². The Labute approximate surface area is 60.8 Å². The first-order chi connectivity index (χ1) is 5.09. The predicted molar refractivity (Wildman–Crippen MR) is 35.9 cm³/mol. The molecule has 0 aromatic carbocycles. The summed E-state index contributed by atoms with van der Waals surface area (Å²) in [7, 11) is 0. The SMILES string of the molecule is NC(=O)C1([N+](=O)[O-])N=CC=N1. The fraction of sp³-hybridized carbons (Fsp3) is 0.250. The van der Waals surface area contributed by atoms with Gasteiger partial charge in [0.2, 0.25) is 0 Å². The second-order valence-corrected chi connectivity index (χ2v) is 1.81. The molecule has 0 aliphatic carbocycles. The van der Waals surface area contributed by atoms with Crippen LogP contribution in [0.5, 0.6) is 0 Å². The van der Waals surface area contributed by atoms with Crippen molar-refractivity contribution in [2.24, 2.45) is 15.7 Å². The van der Waals surface area contributed by atoms with Gasteiger partial charge in [-0.1, -0.05) is 0 Å². The number of hydrogen-bond donors (Lipinski definition) is 1. The number of amides is 1. The van der Waals surface area contributed by atoms with Gasteiger partial charge in [0.05, 0.1) is 4.92 Å².